The number of hydrogen-bond donors (Lipinski definition) is 1. The van der Waals surface area contributed by atoms with Crippen LogP contribution in [0.3, 0.4) is 0 Å². The molecule has 0 saturated carbocycles. The number of rotatable bonds is 3. The predicted octanol–water partition coefficient (Wildman–Crippen LogP) is 4.31. The van der Waals surface area contributed by atoms with Crippen LogP contribution in [0.4, 0.5) is 5.82 Å². The van der Waals surface area contributed by atoms with Gasteiger partial charge in [-0.05, 0) is 44.9 Å². The van der Waals surface area contributed by atoms with Gasteiger partial charge in [0.05, 0.1) is 10.6 Å². The van der Waals surface area contributed by atoms with Crippen molar-refractivity contribution in [3.05, 3.63) is 16.3 Å². The molecule has 1 fully saturated rings. The summed E-state index contributed by atoms with van der Waals surface area (Å²) in [7, 11) is 0. The maximum absolute atomic E-state index is 4.83. The van der Waals surface area contributed by atoms with Crippen LogP contribution in [-0.4, -0.2) is 22.3 Å². The lowest BCUT2D eigenvalue weighted by atomic mass is 10.2. The highest BCUT2D eigenvalue weighted by molar-refractivity contribution is 7.99. The highest BCUT2D eigenvalue weighted by Crippen LogP contribution is 2.41. The van der Waals surface area contributed by atoms with Gasteiger partial charge in [0.25, 0.3) is 0 Å². The van der Waals surface area contributed by atoms with E-state index in [1.54, 1.807) is 11.3 Å². The molecular formula is C14H19N3S2. The molecule has 102 valence electrons. The molecule has 1 unspecified atom stereocenters. The topological polar surface area (TPSA) is 37.8 Å². The van der Waals surface area contributed by atoms with Gasteiger partial charge in [-0.3, -0.25) is 0 Å². The number of nitrogens with zero attached hydrogens (tertiary/aromatic N) is 2. The molecule has 2 aromatic rings. The molecule has 3 nitrogen and oxygen atoms in total. The number of thioether (sulfide) groups is 1. The lowest BCUT2D eigenvalue weighted by Crippen LogP contribution is -2.05. The van der Waals surface area contributed by atoms with E-state index in [2.05, 4.69) is 26.1 Å². The van der Waals surface area contributed by atoms with Crippen molar-refractivity contribution in [3.63, 3.8) is 0 Å². The molecule has 0 aliphatic carbocycles. The Balaban J connectivity index is 2.15. The second kappa shape index (κ2) is 5.29. The third-order valence-electron chi connectivity index (χ3n) is 3.61. The summed E-state index contributed by atoms with van der Waals surface area (Å²) >= 11 is 3.79. The molecule has 1 N–H and O–H groups in total. The van der Waals surface area contributed by atoms with Crippen LogP contribution in [0.25, 0.3) is 10.2 Å². The van der Waals surface area contributed by atoms with Gasteiger partial charge in [0.2, 0.25) is 0 Å². The summed E-state index contributed by atoms with van der Waals surface area (Å²) in [5, 5.41) is 5.12. The van der Waals surface area contributed by atoms with Crippen molar-refractivity contribution in [2.45, 2.75) is 38.9 Å². The number of aryl methyl sites for hydroxylation is 2. The van der Waals surface area contributed by atoms with Crippen molar-refractivity contribution in [2.24, 2.45) is 0 Å². The average molecular weight is 293 g/mol. The van der Waals surface area contributed by atoms with E-state index in [4.69, 9.17) is 9.97 Å². The van der Waals surface area contributed by atoms with Crippen molar-refractivity contribution >= 4 is 39.1 Å². The second-order valence-electron chi connectivity index (χ2n) is 4.93. The summed E-state index contributed by atoms with van der Waals surface area (Å²) < 4.78 is 0. The first-order chi connectivity index (χ1) is 9.20. The molecule has 1 aliphatic heterocycles. The zero-order valence-corrected chi connectivity index (χ0v) is 13.2. The number of hydrogen-bond acceptors (Lipinski definition) is 5. The van der Waals surface area contributed by atoms with Crippen LogP contribution in [0.1, 0.15) is 41.3 Å². The highest BCUT2D eigenvalue weighted by atomic mass is 32.2. The zero-order valence-electron chi connectivity index (χ0n) is 11.6. The van der Waals surface area contributed by atoms with E-state index < -0.39 is 0 Å². The monoisotopic (exact) mass is 293 g/mol. The molecule has 3 heterocycles. The first-order valence-electron chi connectivity index (χ1n) is 6.83. The van der Waals surface area contributed by atoms with Crippen molar-refractivity contribution in [3.8, 4) is 0 Å². The van der Waals surface area contributed by atoms with E-state index in [0.29, 0.717) is 5.25 Å². The van der Waals surface area contributed by atoms with Crippen LogP contribution in [0.2, 0.25) is 0 Å². The maximum atomic E-state index is 4.83. The molecule has 1 aliphatic rings. The smallest absolute Gasteiger partial charge is 0.145 e. The lowest BCUT2D eigenvalue weighted by Gasteiger charge is -2.11. The van der Waals surface area contributed by atoms with Gasteiger partial charge in [-0.25, -0.2) is 9.97 Å². The molecule has 1 atom stereocenters. The molecule has 1 saturated heterocycles. The van der Waals surface area contributed by atoms with Gasteiger partial charge in [-0.15, -0.1) is 11.3 Å². The van der Waals surface area contributed by atoms with Crippen molar-refractivity contribution < 1.29 is 0 Å². The summed E-state index contributed by atoms with van der Waals surface area (Å²) in [5.74, 6) is 3.29. The first kappa shape index (κ1) is 13.2. The van der Waals surface area contributed by atoms with Gasteiger partial charge >= 0.3 is 0 Å². The molecule has 5 heteroatoms. The fraction of sp³-hybridized carbons (Fsp3) is 0.571. The minimum atomic E-state index is 0.490. The summed E-state index contributed by atoms with van der Waals surface area (Å²) in [4.78, 5) is 12.1. The van der Waals surface area contributed by atoms with E-state index in [1.165, 1.54) is 34.4 Å². The van der Waals surface area contributed by atoms with Gasteiger partial charge in [0.1, 0.15) is 16.5 Å². The van der Waals surface area contributed by atoms with Crippen LogP contribution in [-0.2, 0) is 0 Å². The van der Waals surface area contributed by atoms with Crippen molar-refractivity contribution in [1.82, 2.24) is 9.97 Å². The third kappa shape index (κ3) is 2.34. The van der Waals surface area contributed by atoms with E-state index in [1.807, 2.05) is 11.8 Å². The van der Waals surface area contributed by atoms with Crippen LogP contribution < -0.4 is 5.32 Å². The molecule has 2 aromatic heterocycles. The zero-order chi connectivity index (χ0) is 13.4. The SMILES string of the molecule is CCNc1nc(C2CCCS2)nc2sc(C)c(C)c12. The predicted molar refractivity (Wildman–Crippen MR) is 85.5 cm³/mol. The van der Waals surface area contributed by atoms with Crippen molar-refractivity contribution in [1.29, 1.82) is 0 Å². The Kier molecular flexibility index (Phi) is 3.67. The Morgan fingerprint density at radius 2 is 2.16 bits per heavy atom. The molecule has 0 radical (unpaired) electrons. The number of nitrogens with one attached hydrogen (secondary N) is 1. The van der Waals surface area contributed by atoms with Gasteiger partial charge in [-0.2, -0.15) is 11.8 Å². The van der Waals surface area contributed by atoms with Gasteiger partial charge in [0, 0.05) is 11.4 Å². The minimum Gasteiger partial charge on any atom is -0.370 e. The van der Waals surface area contributed by atoms with Crippen LogP contribution in [0.5, 0.6) is 0 Å². The van der Waals surface area contributed by atoms with Crippen molar-refractivity contribution in [2.75, 3.05) is 17.6 Å². The molecule has 0 amide bonds. The van der Waals surface area contributed by atoms with E-state index >= 15 is 0 Å². The number of aromatic nitrogens is 2. The summed E-state index contributed by atoms with van der Waals surface area (Å²) in [6, 6.07) is 0. The standard InChI is InChI=1S/C14H19N3S2/c1-4-15-13-11-8(2)9(3)19-14(11)17-12(16-13)10-6-5-7-18-10/h10H,4-7H2,1-3H3,(H,15,16,17). The fourth-order valence-electron chi connectivity index (χ4n) is 2.49. The third-order valence-corrected chi connectivity index (χ3v) is 6.08. The minimum absolute atomic E-state index is 0.490. The lowest BCUT2D eigenvalue weighted by molar-refractivity contribution is 0.784. The highest BCUT2D eigenvalue weighted by Gasteiger charge is 2.23. The molecular weight excluding hydrogens is 274 g/mol. The number of fused-ring (bicyclic) bond motifs is 1. The summed E-state index contributed by atoms with van der Waals surface area (Å²) in [6.07, 6.45) is 2.50. The molecule has 19 heavy (non-hydrogen) atoms. The van der Waals surface area contributed by atoms with Crippen LogP contribution in [0, 0.1) is 13.8 Å². The Labute approximate surface area is 122 Å². The second-order valence-corrected chi connectivity index (χ2v) is 7.44. The molecule has 0 bridgehead atoms. The fourth-order valence-corrected chi connectivity index (χ4v) is 4.73. The van der Waals surface area contributed by atoms with Crippen LogP contribution in [0.15, 0.2) is 0 Å². The Morgan fingerprint density at radius 3 is 2.84 bits per heavy atom. The Hall–Kier alpha value is -0.810. The normalized spacial score (nSPS) is 19.2. The Bertz CT molecular complexity index is 600. The Morgan fingerprint density at radius 1 is 1.32 bits per heavy atom. The van der Waals surface area contributed by atoms with E-state index in [-0.39, 0.29) is 0 Å². The summed E-state index contributed by atoms with van der Waals surface area (Å²) in [6.45, 7) is 7.36. The van der Waals surface area contributed by atoms with Crippen LogP contribution >= 0.6 is 23.1 Å². The molecule has 3 rings (SSSR count). The quantitative estimate of drug-likeness (QED) is 0.915. The maximum Gasteiger partial charge on any atom is 0.145 e. The van der Waals surface area contributed by atoms with E-state index in [0.717, 1.165) is 23.0 Å². The first-order valence-corrected chi connectivity index (χ1v) is 8.70. The van der Waals surface area contributed by atoms with Gasteiger partial charge in [-0.1, -0.05) is 0 Å². The largest absolute Gasteiger partial charge is 0.370 e. The molecule has 0 spiro atoms. The summed E-state index contributed by atoms with van der Waals surface area (Å²) in [5.41, 5.74) is 1.32. The van der Waals surface area contributed by atoms with Gasteiger partial charge in [0.15, 0.2) is 0 Å². The number of thiophene rings is 1. The average Bonchev–Trinajstić information content (AvgIpc) is 2.99. The molecule has 0 aromatic carbocycles. The number of anilines is 1. The van der Waals surface area contributed by atoms with Gasteiger partial charge < -0.3 is 5.32 Å². The van der Waals surface area contributed by atoms with E-state index in [9.17, 15) is 0 Å².